The zero-order valence-electron chi connectivity index (χ0n) is 8.03. The van der Waals surface area contributed by atoms with Gasteiger partial charge in [-0.25, -0.2) is 0 Å². The second-order valence-electron chi connectivity index (χ2n) is 3.71. The van der Waals surface area contributed by atoms with Crippen LogP contribution in [0.25, 0.3) is 0 Å². The van der Waals surface area contributed by atoms with E-state index in [1.54, 1.807) is 0 Å². The SMILES string of the molecule is CC[C@@H]1CC[C@H](C)N(S(=O)(=O)Cl)C1. The number of halogens is 1. The molecule has 0 aromatic carbocycles. The molecular weight excluding hydrogens is 210 g/mol. The highest BCUT2D eigenvalue weighted by atomic mass is 35.7. The van der Waals surface area contributed by atoms with Crippen molar-refractivity contribution in [3.8, 4) is 0 Å². The summed E-state index contributed by atoms with van der Waals surface area (Å²) in [5.41, 5.74) is 0. The third-order valence-corrected chi connectivity index (χ3v) is 4.38. The predicted octanol–water partition coefficient (Wildman–Crippen LogP) is 1.98. The van der Waals surface area contributed by atoms with E-state index in [0.29, 0.717) is 12.5 Å². The Morgan fingerprint density at radius 1 is 1.46 bits per heavy atom. The van der Waals surface area contributed by atoms with Crippen LogP contribution in [0, 0.1) is 5.92 Å². The van der Waals surface area contributed by atoms with Gasteiger partial charge in [0.25, 0.3) is 9.24 Å². The van der Waals surface area contributed by atoms with E-state index >= 15 is 0 Å². The van der Waals surface area contributed by atoms with Crippen LogP contribution >= 0.6 is 10.7 Å². The van der Waals surface area contributed by atoms with Crippen LogP contribution in [0.3, 0.4) is 0 Å². The Morgan fingerprint density at radius 2 is 2.08 bits per heavy atom. The van der Waals surface area contributed by atoms with Crippen LogP contribution in [-0.2, 0) is 9.24 Å². The van der Waals surface area contributed by atoms with Gasteiger partial charge >= 0.3 is 0 Å². The van der Waals surface area contributed by atoms with Gasteiger partial charge in [-0.15, -0.1) is 0 Å². The first-order valence-corrected chi connectivity index (χ1v) is 6.93. The van der Waals surface area contributed by atoms with Crippen molar-refractivity contribution in [3.05, 3.63) is 0 Å². The smallest absolute Gasteiger partial charge is 0.195 e. The normalized spacial score (nSPS) is 31.9. The summed E-state index contributed by atoms with van der Waals surface area (Å²) in [6.07, 6.45) is 3.06. The van der Waals surface area contributed by atoms with E-state index in [0.717, 1.165) is 19.3 Å². The van der Waals surface area contributed by atoms with Crippen molar-refractivity contribution < 1.29 is 8.42 Å². The van der Waals surface area contributed by atoms with Gasteiger partial charge in [-0.1, -0.05) is 13.3 Å². The minimum Gasteiger partial charge on any atom is -0.195 e. The number of hydrogen-bond acceptors (Lipinski definition) is 2. The molecule has 0 radical (unpaired) electrons. The first-order valence-electron chi connectivity index (χ1n) is 4.66. The van der Waals surface area contributed by atoms with Crippen molar-refractivity contribution in [2.75, 3.05) is 6.54 Å². The molecule has 0 aliphatic carbocycles. The maximum Gasteiger partial charge on any atom is 0.300 e. The molecule has 1 rings (SSSR count). The van der Waals surface area contributed by atoms with Crippen LogP contribution in [0.4, 0.5) is 0 Å². The molecule has 13 heavy (non-hydrogen) atoms. The predicted molar refractivity (Wildman–Crippen MR) is 54.0 cm³/mol. The summed E-state index contributed by atoms with van der Waals surface area (Å²) in [7, 11) is 1.81. The third kappa shape index (κ3) is 2.82. The highest BCUT2D eigenvalue weighted by Crippen LogP contribution is 2.27. The molecule has 0 amide bonds. The molecule has 0 aromatic heterocycles. The Kier molecular flexibility index (Phi) is 3.60. The van der Waals surface area contributed by atoms with Gasteiger partial charge in [0.1, 0.15) is 0 Å². The lowest BCUT2D eigenvalue weighted by molar-refractivity contribution is 0.207. The van der Waals surface area contributed by atoms with Crippen LogP contribution < -0.4 is 0 Å². The quantitative estimate of drug-likeness (QED) is 0.674. The Balaban J connectivity index is 2.71. The zero-order valence-corrected chi connectivity index (χ0v) is 9.61. The Labute approximate surface area is 84.6 Å². The van der Waals surface area contributed by atoms with E-state index in [1.165, 1.54) is 4.31 Å². The molecule has 1 fully saturated rings. The zero-order chi connectivity index (χ0) is 10.1. The van der Waals surface area contributed by atoms with Gasteiger partial charge in [0.05, 0.1) is 0 Å². The highest BCUT2D eigenvalue weighted by molar-refractivity contribution is 8.11. The van der Waals surface area contributed by atoms with E-state index in [-0.39, 0.29) is 6.04 Å². The molecule has 2 atom stereocenters. The summed E-state index contributed by atoms with van der Waals surface area (Å²) in [5, 5.41) is 0. The average molecular weight is 226 g/mol. The number of rotatable bonds is 2. The van der Waals surface area contributed by atoms with Crippen molar-refractivity contribution in [1.82, 2.24) is 4.31 Å². The van der Waals surface area contributed by atoms with Crippen LogP contribution in [0.5, 0.6) is 0 Å². The lowest BCUT2D eigenvalue weighted by atomic mass is 9.93. The van der Waals surface area contributed by atoms with Gasteiger partial charge in [0, 0.05) is 23.3 Å². The standard InChI is InChI=1S/C8H16ClNO2S/c1-3-8-5-4-7(2)10(6-8)13(9,11)12/h7-8H,3-6H2,1-2H3/t7-,8+/m0/s1. The molecule has 5 heteroatoms. The van der Waals surface area contributed by atoms with E-state index in [4.69, 9.17) is 10.7 Å². The highest BCUT2D eigenvalue weighted by Gasteiger charge is 2.31. The number of hydrogen-bond donors (Lipinski definition) is 0. The summed E-state index contributed by atoms with van der Waals surface area (Å²) < 4.78 is 23.7. The Morgan fingerprint density at radius 3 is 2.54 bits per heavy atom. The molecule has 3 nitrogen and oxygen atoms in total. The number of nitrogens with zero attached hydrogens (tertiary/aromatic N) is 1. The van der Waals surface area contributed by atoms with Crippen LogP contribution in [0.2, 0.25) is 0 Å². The van der Waals surface area contributed by atoms with E-state index in [1.807, 2.05) is 6.92 Å². The Hall–Kier alpha value is 0.200. The fourth-order valence-corrected chi connectivity index (χ4v) is 3.29. The molecule has 0 aromatic rings. The van der Waals surface area contributed by atoms with Crippen LogP contribution in [0.15, 0.2) is 0 Å². The van der Waals surface area contributed by atoms with Gasteiger partial charge in [0.2, 0.25) is 0 Å². The summed E-state index contributed by atoms with van der Waals surface area (Å²) in [6, 6.07) is 0.0605. The van der Waals surface area contributed by atoms with Gasteiger partial charge in [-0.05, 0) is 25.7 Å². The molecule has 78 valence electrons. The molecule has 1 aliphatic rings. The van der Waals surface area contributed by atoms with Gasteiger partial charge in [0.15, 0.2) is 0 Å². The fourth-order valence-electron chi connectivity index (χ4n) is 1.78. The summed E-state index contributed by atoms with van der Waals surface area (Å²) in [4.78, 5) is 0. The summed E-state index contributed by atoms with van der Waals surface area (Å²) >= 11 is 0. The Bertz CT molecular complexity index is 265. The van der Waals surface area contributed by atoms with E-state index in [9.17, 15) is 8.42 Å². The van der Waals surface area contributed by atoms with Gasteiger partial charge in [-0.3, -0.25) is 0 Å². The molecule has 0 spiro atoms. The first-order chi connectivity index (χ1) is 5.95. The maximum absolute atomic E-state index is 11.1. The lowest BCUT2D eigenvalue weighted by Crippen LogP contribution is -2.43. The van der Waals surface area contributed by atoms with Crippen LogP contribution in [-0.4, -0.2) is 25.3 Å². The van der Waals surface area contributed by atoms with Gasteiger partial charge < -0.3 is 0 Å². The number of piperidine rings is 1. The fraction of sp³-hybridized carbons (Fsp3) is 1.00. The molecule has 0 saturated carbocycles. The van der Waals surface area contributed by atoms with Gasteiger partial charge in [-0.2, -0.15) is 12.7 Å². The maximum atomic E-state index is 11.1. The summed E-state index contributed by atoms with van der Waals surface area (Å²) in [5.74, 6) is 0.477. The lowest BCUT2D eigenvalue weighted by Gasteiger charge is -2.34. The second-order valence-corrected chi connectivity index (χ2v) is 6.18. The molecule has 1 heterocycles. The van der Waals surface area contributed by atoms with Crippen LogP contribution in [0.1, 0.15) is 33.1 Å². The monoisotopic (exact) mass is 225 g/mol. The van der Waals surface area contributed by atoms with E-state index in [2.05, 4.69) is 6.92 Å². The molecule has 1 saturated heterocycles. The molecule has 0 N–H and O–H groups in total. The summed E-state index contributed by atoms with van der Waals surface area (Å²) in [6.45, 7) is 4.58. The second kappa shape index (κ2) is 4.15. The van der Waals surface area contributed by atoms with E-state index < -0.39 is 9.24 Å². The topological polar surface area (TPSA) is 37.4 Å². The largest absolute Gasteiger partial charge is 0.300 e. The molecule has 0 unspecified atom stereocenters. The minimum absolute atomic E-state index is 0.0605. The van der Waals surface area contributed by atoms with Crippen molar-refractivity contribution in [2.45, 2.75) is 39.2 Å². The van der Waals surface area contributed by atoms with Crippen molar-refractivity contribution in [3.63, 3.8) is 0 Å². The van der Waals surface area contributed by atoms with Crippen molar-refractivity contribution >= 4 is 19.9 Å². The van der Waals surface area contributed by atoms with Crippen molar-refractivity contribution in [2.24, 2.45) is 5.92 Å². The first kappa shape index (κ1) is 11.3. The van der Waals surface area contributed by atoms with Crippen molar-refractivity contribution in [1.29, 1.82) is 0 Å². The minimum atomic E-state index is -3.51. The molecule has 0 bridgehead atoms. The molecular formula is C8H16ClNO2S. The third-order valence-electron chi connectivity index (χ3n) is 2.78. The average Bonchev–Trinajstić information content (AvgIpc) is 2.03. The molecule has 1 aliphatic heterocycles.